The van der Waals surface area contributed by atoms with Crippen molar-refractivity contribution < 1.29 is 0 Å². The molecule has 0 spiro atoms. The maximum absolute atomic E-state index is 4.51. The molecule has 0 radical (unpaired) electrons. The molecular formula is C35H45NS. The lowest BCUT2D eigenvalue weighted by Gasteiger charge is -2.21. The summed E-state index contributed by atoms with van der Waals surface area (Å²) in [5, 5.41) is 0. The molecule has 1 aromatic rings. The van der Waals surface area contributed by atoms with Crippen LogP contribution in [0.3, 0.4) is 0 Å². The standard InChI is InChI=1S/C35H45NS/c1-7-9-10-13-28(6)34-21-19-29(8-2)35(37-34)22-20-31-24-27(5)17-18-30(31)14-11-16-33(26(3)4)32-15-12-23-36-25-32/h7,9-10,13,15-18,21,24-26H,6,8,11-12,14,19-20,22-23H2,1-5H3. The Morgan fingerprint density at radius 1 is 1.11 bits per heavy atom. The molecule has 0 aliphatic carbocycles. The Morgan fingerprint density at radius 2 is 1.95 bits per heavy atom. The van der Waals surface area contributed by atoms with Crippen LogP contribution in [0.2, 0.25) is 0 Å². The van der Waals surface area contributed by atoms with Gasteiger partial charge in [-0.25, -0.2) is 0 Å². The zero-order valence-electron chi connectivity index (χ0n) is 23.6. The Hall–Kier alpha value is -2.58. The van der Waals surface area contributed by atoms with Gasteiger partial charge in [0.15, 0.2) is 0 Å². The van der Waals surface area contributed by atoms with Gasteiger partial charge < -0.3 is 0 Å². The second-order valence-corrected chi connectivity index (χ2v) is 11.4. The first-order chi connectivity index (χ1) is 17.9. The molecule has 37 heavy (non-hydrogen) atoms. The summed E-state index contributed by atoms with van der Waals surface area (Å²) in [5.41, 5.74) is 9.80. The van der Waals surface area contributed by atoms with Crippen LogP contribution in [0.15, 0.2) is 104 Å². The topological polar surface area (TPSA) is 12.4 Å². The Labute approximate surface area is 230 Å². The van der Waals surface area contributed by atoms with Crippen molar-refractivity contribution in [1.82, 2.24) is 0 Å². The summed E-state index contributed by atoms with van der Waals surface area (Å²) >= 11 is 1.94. The quantitative estimate of drug-likeness (QED) is 0.254. The van der Waals surface area contributed by atoms with Gasteiger partial charge in [0.25, 0.3) is 0 Å². The van der Waals surface area contributed by atoms with Crippen LogP contribution in [0, 0.1) is 12.8 Å². The molecule has 0 fully saturated rings. The molecule has 0 N–H and O–H groups in total. The van der Waals surface area contributed by atoms with Crippen LogP contribution >= 0.6 is 11.8 Å². The average Bonchev–Trinajstić information content (AvgIpc) is 2.91. The molecule has 0 amide bonds. The minimum absolute atomic E-state index is 0.515. The predicted octanol–water partition coefficient (Wildman–Crippen LogP) is 10.2. The third-order valence-electron chi connectivity index (χ3n) is 7.07. The number of thioether (sulfide) groups is 1. The van der Waals surface area contributed by atoms with Crippen LogP contribution in [0.4, 0.5) is 0 Å². The highest BCUT2D eigenvalue weighted by atomic mass is 32.2. The fraction of sp³-hybridized carbons (Fsp3) is 0.400. The van der Waals surface area contributed by atoms with Crippen molar-refractivity contribution in [3.8, 4) is 0 Å². The summed E-state index contributed by atoms with van der Waals surface area (Å²) in [4.78, 5) is 7.36. The van der Waals surface area contributed by atoms with Crippen LogP contribution in [0.5, 0.6) is 0 Å². The number of hydrogen-bond donors (Lipinski definition) is 0. The second kappa shape index (κ2) is 15.0. The molecule has 0 saturated heterocycles. The maximum atomic E-state index is 4.51. The number of allylic oxidation sites excluding steroid dienone is 11. The van der Waals surface area contributed by atoms with Crippen LogP contribution in [0.25, 0.3) is 0 Å². The lowest BCUT2D eigenvalue weighted by Crippen LogP contribution is -2.04. The molecule has 0 saturated carbocycles. The summed E-state index contributed by atoms with van der Waals surface area (Å²) in [6, 6.07) is 7.04. The van der Waals surface area contributed by atoms with E-state index in [1.54, 1.807) is 10.5 Å². The molecule has 0 atom stereocenters. The predicted molar refractivity (Wildman–Crippen MR) is 168 cm³/mol. The van der Waals surface area contributed by atoms with Crippen LogP contribution in [-0.4, -0.2) is 12.8 Å². The van der Waals surface area contributed by atoms with Gasteiger partial charge in [-0.2, -0.15) is 0 Å². The summed E-state index contributed by atoms with van der Waals surface area (Å²) in [5.74, 6) is 0.515. The summed E-state index contributed by atoms with van der Waals surface area (Å²) in [7, 11) is 0. The summed E-state index contributed by atoms with van der Waals surface area (Å²) in [6.45, 7) is 16.4. The third kappa shape index (κ3) is 8.75. The van der Waals surface area contributed by atoms with E-state index in [9.17, 15) is 0 Å². The van der Waals surface area contributed by atoms with E-state index in [1.165, 1.54) is 32.7 Å². The number of rotatable bonds is 12. The summed E-state index contributed by atoms with van der Waals surface area (Å²) < 4.78 is 0. The smallest absolute Gasteiger partial charge is 0.0424 e. The third-order valence-corrected chi connectivity index (χ3v) is 8.46. The second-order valence-electron chi connectivity index (χ2n) is 10.3. The molecular weight excluding hydrogens is 466 g/mol. The highest BCUT2D eigenvalue weighted by Crippen LogP contribution is 2.41. The first-order valence-corrected chi connectivity index (χ1v) is 14.8. The van der Waals surface area contributed by atoms with Crippen LogP contribution in [0.1, 0.15) is 76.5 Å². The molecule has 1 aromatic carbocycles. The zero-order chi connectivity index (χ0) is 26.6. The zero-order valence-corrected chi connectivity index (χ0v) is 24.5. The Bertz CT molecular complexity index is 1160. The molecule has 2 aliphatic rings. The van der Waals surface area contributed by atoms with E-state index in [-0.39, 0.29) is 0 Å². The van der Waals surface area contributed by atoms with Crippen molar-refractivity contribution in [3.63, 3.8) is 0 Å². The van der Waals surface area contributed by atoms with Gasteiger partial charge in [-0.05, 0) is 97.5 Å². The highest BCUT2D eigenvalue weighted by Gasteiger charge is 2.16. The molecule has 0 unspecified atom stereocenters. The van der Waals surface area contributed by atoms with E-state index in [2.05, 4.69) is 100 Å². The first kappa shape index (κ1) is 29.0. The number of nitrogens with zero attached hydrogens (tertiary/aromatic N) is 1. The van der Waals surface area contributed by atoms with E-state index in [1.807, 2.05) is 24.8 Å². The fourth-order valence-electron chi connectivity index (χ4n) is 4.96. The first-order valence-electron chi connectivity index (χ1n) is 14.0. The monoisotopic (exact) mass is 511 g/mol. The van der Waals surface area contributed by atoms with Gasteiger partial charge in [0, 0.05) is 17.7 Å². The van der Waals surface area contributed by atoms with Crippen molar-refractivity contribution in [3.05, 3.63) is 116 Å². The Morgan fingerprint density at radius 3 is 2.65 bits per heavy atom. The molecule has 2 aliphatic heterocycles. The number of aliphatic imine (C=N–C) groups is 1. The lowest BCUT2D eigenvalue weighted by atomic mass is 9.91. The van der Waals surface area contributed by atoms with Gasteiger partial charge >= 0.3 is 0 Å². The normalized spacial score (nSPS) is 16.8. The number of aryl methyl sites for hydroxylation is 3. The van der Waals surface area contributed by atoms with Crippen LogP contribution in [-0.2, 0) is 12.8 Å². The fourth-order valence-corrected chi connectivity index (χ4v) is 6.17. The van der Waals surface area contributed by atoms with Crippen molar-refractivity contribution in [2.45, 2.75) is 79.6 Å². The largest absolute Gasteiger partial charge is 0.292 e. The van der Waals surface area contributed by atoms with E-state index in [4.69, 9.17) is 0 Å². The summed E-state index contributed by atoms with van der Waals surface area (Å²) in [6.07, 6.45) is 25.1. The SMILES string of the molecule is C=C(C=CC=CC)C1=CCC(CC)=C(CCc2cc(C)ccc2CCC=C(C2=CCCN=C2)C(C)C)S1. The lowest BCUT2D eigenvalue weighted by molar-refractivity contribution is 0.771. The van der Waals surface area contributed by atoms with E-state index >= 15 is 0 Å². The minimum Gasteiger partial charge on any atom is -0.292 e. The minimum atomic E-state index is 0.515. The van der Waals surface area contributed by atoms with Crippen molar-refractivity contribution in [2.24, 2.45) is 10.9 Å². The van der Waals surface area contributed by atoms with E-state index in [0.717, 1.165) is 57.1 Å². The van der Waals surface area contributed by atoms with E-state index in [0.29, 0.717) is 5.92 Å². The van der Waals surface area contributed by atoms with Gasteiger partial charge in [0.05, 0.1) is 0 Å². The molecule has 1 nitrogen and oxygen atoms in total. The van der Waals surface area contributed by atoms with Gasteiger partial charge in [0.1, 0.15) is 0 Å². The average molecular weight is 512 g/mol. The van der Waals surface area contributed by atoms with Crippen molar-refractivity contribution in [2.75, 3.05) is 6.54 Å². The van der Waals surface area contributed by atoms with Crippen LogP contribution < -0.4 is 0 Å². The molecule has 0 aromatic heterocycles. The van der Waals surface area contributed by atoms with Gasteiger partial charge in [-0.15, -0.1) is 0 Å². The number of hydrogen-bond acceptors (Lipinski definition) is 2. The van der Waals surface area contributed by atoms with Crippen molar-refractivity contribution >= 4 is 18.0 Å². The van der Waals surface area contributed by atoms with E-state index < -0.39 is 0 Å². The number of benzene rings is 1. The molecule has 3 rings (SSSR count). The molecule has 196 valence electrons. The number of dihydropyridines is 1. The maximum Gasteiger partial charge on any atom is 0.0424 e. The highest BCUT2D eigenvalue weighted by molar-refractivity contribution is 8.07. The van der Waals surface area contributed by atoms with Gasteiger partial charge in [-0.3, -0.25) is 4.99 Å². The van der Waals surface area contributed by atoms with Crippen molar-refractivity contribution in [1.29, 1.82) is 0 Å². The molecule has 2 heterocycles. The molecule has 0 bridgehead atoms. The molecule has 2 heteroatoms. The van der Waals surface area contributed by atoms with Gasteiger partial charge in [-0.1, -0.05) is 111 Å². The Kier molecular flexibility index (Phi) is 11.7. The Balaban J connectivity index is 1.70. The van der Waals surface area contributed by atoms with Gasteiger partial charge in [0.2, 0.25) is 0 Å².